The second-order valence-corrected chi connectivity index (χ2v) is 11.4. The lowest BCUT2D eigenvalue weighted by Gasteiger charge is -2.48. The quantitative estimate of drug-likeness (QED) is 0.462. The van der Waals surface area contributed by atoms with E-state index >= 15 is 0 Å². The second-order valence-electron chi connectivity index (χ2n) is 11.4. The molecule has 0 spiro atoms. The number of ether oxygens (including phenoxy) is 1. The number of carbonyl (C=O) groups excluding carboxylic acids is 1. The van der Waals surface area contributed by atoms with Gasteiger partial charge in [0.25, 0.3) is 0 Å². The van der Waals surface area contributed by atoms with Crippen molar-refractivity contribution in [3.63, 3.8) is 0 Å². The molecule has 0 aliphatic carbocycles. The number of nitrogens with one attached hydrogen (secondary N) is 4. The van der Waals surface area contributed by atoms with Crippen molar-refractivity contribution in [2.45, 2.75) is 102 Å². The Morgan fingerprint density at radius 1 is 1.17 bits per heavy atom. The molecule has 5 atom stereocenters. The predicted octanol–water partition coefficient (Wildman–Crippen LogP) is 3.39. The van der Waals surface area contributed by atoms with Gasteiger partial charge in [0.05, 0.1) is 18.2 Å². The summed E-state index contributed by atoms with van der Waals surface area (Å²) in [5.74, 6) is 1.57. The fraction of sp³-hybridized carbons (Fsp3) is 0.654. The minimum Gasteiger partial charge on any atom is -0.459 e. The summed E-state index contributed by atoms with van der Waals surface area (Å²) < 4.78 is 5.62. The minimum absolute atomic E-state index is 0.123. The summed E-state index contributed by atoms with van der Waals surface area (Å²) in [5.41, 5.74) is 7.01. The van der Waals surface area contributed by atoms with E-state index in [2.05, 4.69) is 44.4 Å². The molecule has 2 aromatic rings. The van der Waals surface area contributed by atoms with E-state index in [4.69, 9.17) is 9.72 Å². The van der Waals surface area contributed by atoms with Crippen LogP contribution in [-0.2, 0) is 9.53 Å². The zero-order valence-electron chi connectivity index (χ0n) is 21.3. The highest BCUT2D eigenvalue weighted by Gasteiger charge is 2.40. The van der Waals surface area contributed by atoms with E-state index in [0.717, 1.165) is 54.6 Å². The summed E-state index contributed by atoms with van der Waals surface area (Å²) >= 11 is 0. The van der Waals surface area contributed by atoms with Gasteiger partial charge in [-0.2, -0.15) is 0 Å². The van der Waals surface area contributed by atoms with E-state index in [1.165, 1.54) is 6.42 Å². The van der Waals surface area contributed by atoms with Crippen LogP contribution in [0, 0.1) is 0 Å². The molecule has 2 aromatic heterocycles. The molecule has 5 rings (SSSR count). The first kappa shape index (κ1) is 24.2. The Bertz CT molecular complexity index is 1040. The summed E-state index contributed by atoms with van der Waals surface area (Å²) in [5, 5.41) is 8.31. The van der Waals surface area contributed by atoms with Crippen LogP contribution in [0.2, 0.25) is 0 Å². The van der Waals surface area contributed by atoms with Gasteiger partial charge in [-0.1, -0.05) is 6.42 Å². The highest BCUT2D eigenvalue weighted by atomic mass is 16.6. The molecule has 3 aliphatic rings. The summed E-state index contributed by atoms with van der Waals surface area (Å²) in [7, 11) is 0. The van der Waals surface area contributed by atoms with E-state index in [9.17, 15) is 4.79 Å². The van der Waals surface area contributed by atoms with Gasteiger partial charge in [-0.15, -0.1) is 0 Å². The molecular formula is C26H39N7O2. The van der Waals surface area contributed by atoms with Crippen LogP contribution in [0.4, 0.5) is 11.6 Å². The molecule has 190 valence electrons. The van der Waals surface area contributed by atoms with Gasteiger partial charge in [-0.05, 0) is 71.9 Å². The minimum atomic E-state index is -0.450. The van der Waals surface area contributed by atoms with Crippen molar-refractivity contribution in [1.29, 1.82) is 0 Å². The van der Waals surface area contributed by atoms with Crippen LogP contribution >= 0.6 is 0 Å². The molecule has 0 saturated carbocycles. The fourth-order valence-electron chi connectivity index (χ4n) is 5.82. The topological polar surface area (TPSA) is 103 Å². The van der Waals surface area contributed by atoms with Gasteiger partial charge in [-0.3, -0.25) is 20.1 Å². The number of nitrogens with zero attached hydrogens (tertiary/aromatic N) is 3. The molecule has 5 heterocycles. The number of esters is 1. The molecule has 35 heavy (non-hydrogen) atoms. The van der Waals surface area contributed by atoms with Crippen LogP contribution in [0.15, 0.2) is 24.4 Å². The normalized spacial score (nSPS) is 29.2. The average Bonchev–Trinajstić information content (AvgIpc) is 3.17. The number of rotatable bonds is 6. The van der Waals surface area contributed by atoms with Crippen LogP contribution in [0.3, 0.4) is 0 Å². The Labute approximate surface area is 207 Å². The van der Waals surface area contributed by atoms with Crippen LogP contribution in [-0.4, -0.2) is 63.3 Å². The van der Waals surface area contributed by atoms with E-state index in [1.807, 2.05) is 39.1 Å². The summed E-state index contributed by atoms with van der Waals surface area (Å²) in [6.07, 6.45) is 8.37. The van der Waals surface area contributed by atoms with Crippen molar-refractivity contribution in [3.8, 4) is 0 Å². The third-order valence-corrected chi connectivity index (χ3v) is 7.21. The smallest absolute Gasteiger partial charge is 0.320 e. The van der Waals surface area contributed by atoms with Crippen molar-refractivity contribution >= 4 is 28.5 Å². The van der Waals surface area contributed by atoms with E-state index in [-0.39, 0.29) is 12.1 Å². The Balaban J connectivity index is 1.31. The van der Waals surface area contributed by atoms with Gasteiger partial charge in [0.2, 0.25) is 0 Å². The Morgan fingerprint density at radius 2 is 1.94 bits per heavy atom. The molecule has 3 fully saturated rings. The molecule has 0 radical (unpaired) electrons. The molecule has 4 N–H and O–H groups in total. The summed E-state index contributed by atoms with van der Waals surface area (Å²) in [6, 6.07) is 7.54. The van der Waals surface area contributed by atoms with Gasteiger partial charge in [0, 0.05) is 41.8 Å². The SMILES string of the molecule is CC1CC(Nc2cc3ncccc3c(NC3C[C@H]4CCC[C@@H](C3)N4CC(=O)OC(C)(C)C)n2)NN1. The van der Waals surface area contributed by atoms with Crippen LogP contribution in [0.1, 0.15) is 66.2 Å². The molecule has 0 aromatic carbocycles. The average molecular weight is 482 g/mol. The Morgan fingerprint density at radius 3 is 2.63 bits per heavy atom. The lowest BCUT2D eigenvalue weighted by Crippen LogP contribution is -2.56. The second kappa shape index (κ2) is 9.87. The van der Waals surface area contributed by atoms with Gasteiger partial charge < -0.3 is 15.4 Å². The highest BCUT2D eigenvalue weighted by molar-refractivity contribution is 5.91. The first-order valence-corrected chi connectivity index (χ1v) is 13.0. The molecular weight excluding hydrogens is 442 g/mol. The molecule has 0 amide bonds. The number of hydrogen-bond donors (Lipinski definition) is 4. The Kier molecular flexibility index (Phi) is 6.83. The maximum Gasteiger partial charge on any atom is 0.320 e. The van der Waals surface area contributed by atoms with Crippen molar-refractivity contribution in [2.75, 3.05) is 17.2 Å². The van der Waals surface area contributed by atoms with E-state index in [1.54, 1.807) is 0 Å². The molecule has 9 heteroatoms. The molecule has 9 nitrogen and oxygen atoms in total. The van der Waals surface area contributed by atoms with E-state index in [0.29, 0.717) is 30.7 Å². The number of aromatic nitrogens is 2. The maximum atomic E-state index is 12.6. The number of carbonyl (C=O) groups is 1. The highest BCUT2D eigenvalue weighted by Crippen LogP contribution is 2.36. The van der Waals surface area contributed by atoms with Crippen molar-refractivity contribution in [3.05, 3.63) is 24.4 Å². The number of hydrazine groups is 1. The van der Waals surface area contributed by atoms with Gasteiger partial charge in [-0.25, -0.2) is 10.4 Å². The lowest BCUT2D eigenvalue weighted by molar-refractivity contribution is -0.159. The standard InChI is InChI=1S/C26H39N7O2/c1-16-11-23(32-31-16)29-22-14-21-20(9-6-10-27-21)25(30-22)28-17-12-18-7-5-8-19(13-17)33(18)15-24(34)35-26(2,3)4/h6,9-10,14,16-19,23,31-32H,5,7-8,11-13,15H2,1-4H3,(H2,28,29,30)/t16?,17?,18-,19+,23?. The number of hydrogen-bond acceptors (Lipinski definition) is 9. The number of anilines is 2. The van der Waals surface area contributed by atoms with E-state index < -0.39 is 5.60 Å². The zero-order valence-corrected chi connectivity index (χ0v) is 21.3. The predicted molar refractivity (Wildman–Crippen MR) is 138 cm³/mol. The van der Waals surface area contributed by atoms with Crippen molar-refractivity contribution < 1.29 is 9.53 Å². The molecule has 2 bridgehead atoms. The number of pyridine rings is 2. The number of piperidine rings is 2. The third kappa shape index (κ3) is 5.85. The molecule has 3 aliphatic heterocycles. The Hall–Kier alpha value is -2.49. The van der Waals surface area contributed by atoms with Crippen molar-refractivity contribution in [2.24, 2.45) is 0 Å². The van der Waals surface area contributed by atoms with Gasteiger partial charge in [0.15, 0.2) is 0 Å². The lowest BCUT2D eigenvalue weighted by atomic mass is 9.81. The summed E-state index contributed by atoms with van der Waals surface area (Å²) in [4.78, 5) is 24.5. The first-order valence-electron chi connectivity index (χ1n) is 13.0. The first-order chi connectivity index (χ1) is 16.7. The fourth-order valence-corrected chi connectivity index (χ4v) is 5.82. The van der Waals surface area contributed by atoms with Gasteiger partial charge >= 0.3 is 5.97 Å². The maximum absolute atomic E-state index is 12.6. The monoisotopic (exact) mass is 481 g/mol. The van der Waals surface area contributed by atoms with Crippen molar-refractivity contribution in [1.82, 2.24) is 25.7 Å². The van der Waals surface area contributed by atoms with Crippen LogP contribution in [0.25, 0.3) is 10.9 Å². The van der Waals surface area contributed by atoms with Gasteiger partial charge in [0.1, 0.15) is 17.2 Å². The van der Waals surface area contributed by atoms with Crippen LogP contribution < -0.4 is 21.5 Å². The number of fused-ring (bicyclic) bond motifs is 3. The summed E-state index contributed by atoms with van der Waals surface area (Å²) in [6.45, 7) is 8.32. The molecule has 3 unspecified atom stereocenters. The largest absolute Gasteiger partial charge is 0.459 e. The van der Waals surface area contributed by atoms with Crippen LogP contribution in [0.5, 0.6) is 0 Å². The zero-order chi connectivity index (χ0) is 24.6. The third-order valence-electron chi connectivity index (χ3n) is 7.21. The molecule has 3 saturated heterocycles.